The minimum Gasteiger partial charge on any atom is -0.481 e. The van der Waals surface area contributed by atoms with Crippen molar-refractivity contribution in [3.63, 3.8) is 0 Å². The van der Waals surface area contributed by atoms with Crippen LogP contribution in [0, 0.1) is 5.92 Å². The average Bonchev–Trinajstić information content (AvgIpc) is 2.67. The molecule has 0 spiro atoms. The van der Waals surface area contributed by atoms with Gasteiger partial charge in [-0.1, -0.05) is 89.5 Å². The van der Waals surface area contributed by atoms with E-state index >= 15 is 0 Å². The molecule has 0 aliphatic rings. The Kier molecular flexibility index (Phi) is 19.0. The first kappa shape index (κ1) is 26.4. The summed E-state index contributed by atoms with van der Waals surface area (Å²) in [5.74, 6) is -1.92. The molecule has 1 unspecified atom stereocenters. The number of esters is 1. The Balaban J connectivity index is 3.62. The zero-order chi connectivity index (χ0) is 20.9. The van der Waals surface area contributed by atoms with Gasteiger partial charge in [0.05, 0.1) is 12.3 Å². The molecule has 0 amide bonds. The van der Waals surface area contributed by atoms with E-state index in [1.54, 1.807) is 0 Å². The van der Waals surface area contributed by atoms with E-state index in [0.717, 1.165) is 32.1 Å². The molecule has 0 heterocycles. The first-order chi connectivity index (χ1) is 13.6. The average molecular weight is 395 g/mol. The van der Waals surface area contributed by atoms with Crippen molar-refractivity contribution >= 4 is 11.9 Å². The van der Waals surface area contributed by atoms with Gasteiger partial charge in [0.25, 0.3) is 0 Å². The SMILES string of the molecule is C=CCOC(=O)C(CCCCCC/C=C/CCCCCCCCC)CC(=O)O. The van der Waals surface area contributed by atoms with E-state index in [9.17, 15) is 9.59 Å². The third kappa shape index (κ3) is 17.8. The maximum absolute atomic E-state index is 11.9. The van der Waals surface area contributed by atoms with E-state index in [1.807, 2.05) is 0 Å². The van der Waals surface area contributed by atoms with Crippen molar-refractivity contribution in [3.8, 4) is 0 Å². The fourth-order valence-corrected chi connectivity index (χ4v) is 3.23. The first-order valence-electron chi connectivity index (χ1n) is 11.3. The molecule has 0 aromatic rings. The molecule has 0 aliphatic carbocycles. The third-order valence-corrected chi connectivity index (χ3v) is 4.91. The first-order valence-corrected chi connectivity index (χ1v) is 11.3. The molecule has 1 N–H and O–H groups in total. The van der Waals surface area contributed by atoms with Gasteiger partial charge in [-0.25, -0.2) is 0 Å². The highest BCUT2D eigenvalue weighted by atomic mass is 16.5. The van der Waals surface area contributed by atoms with Crippen LogP contribution in [0.3, 0.4) is 0 Å². The van der Waals surface area contributed by atoms with E-state index in [2.05, 4.69) is 25.7 Å². The molecule has 4 heteroatoms. The van der Waals surface area contributed by atoms with Gasteiger partial charge in [-0.2, -0.15) is 0 Å². The highest BCUT2D eigenvalue weighted by Gasteiger charge is 2.22. The Morgan fingerprint density at radius 2 is 1.43 bits per heavy atom. The molecule has 4 nitrogen and oxygen atoms in total. The van der Waals surface area contributed by atoms with Gasteiger partial charge in [0.15, 0.2) is 0 Å². The van der Waals surface area contributed by atoms with Crippen molar-refractivity contribution in [3.05, 3.63) is 24.8 Å². The number of carboxylic acid groups (broad SMARTS) is 1. The van der Waals surface area contributed by atoms with Crippen LogP contribution >= 0.6 is 0 Å². The summed E-state index contributed by atoms with van der Waals surface area (Å²) in [6.45, 7) is 5.89. The second kappa shape index (κ2) is 20.2. The van der Waals surface area contributed by atoms with Crippen molar-refractivity contribution in [1.29, 1.82) is 0 Å². The molecule has 0 aromatic carbocycles. The zero-order valence-electron chi connectivity index (χ0n) is 18.0. The Hall–Kier alpha value is -1.58. The molecule has 0 aromatic heterocycles. The smallest absolute Gasteiger partial charge is 0.309 e. The van der Waals surface area contributed by atoms with Crippen molar-refractivity contribution in [2.24, 2.45) is 5.92 Å². The summed E-state index contributed by atoms with van der Waals surface area (Å²) >= 11 is 0. The normalized spacial score (nSPS) is 12.2. The zero-order valence-corrected chi connectivity index (χ0v) is 18.0. The molecule has 162 valence electrons. The van der Waals surface area contributed by atoms with Crippen molar-refractivity contribution in [1.82, 2.24) is 0 Å². The molecule has 1 atom stereocenters. The van der Waals surface area contributed by atoms with Crippen molar-refractivity contribution in [2.45, 2.75) is 103 Å². The lowest BCUT2D eigenvalue weighted by Crippen LogP contribution is -2.21. The number of carboxylic acids is 1. The van der Waals surface area contributed by atoms with Crippen LogP contribution in [0.4, 0.5) is 0 Å². The van der Waals surface area contributed by atoms with Gasteiger partial charge in [-0.15, -0.1) is 0 Å². The maximum Gasteiger partial charge on any atom is 0.309 e. The monoisotopic (exact) mass is 394 g/mol. The highest BCUT2D eigenvalue weighted by molar-refractivity contribution is 5.79. The van der Waals surface area contributed by atoms with Crippen molar-refractivity contribution in [2.75, 3.05) is 6.61 Å². The summed E-state index contributed by atoms with van der Waals surface area (Å²) in [7, 11) is 0. The number of aliphatic carboxylic acids is 1. The van der Waals surface area contributed by atoms with Crippen LogP contribution in [-0.4, -0.2) is 23.7 Å². The van der Waals surface area contributed by atoms with Gasteiger partial charge < -0.3 is 9.84 Å². The number of allylic oxidation sites excluding steroid dienone is 2. The number of rotatable bonds is 20. The van der Waals surface area contributed by atoms with Crippen LogP contribution in [0.15, 0.2) is 24.8 Å². The van der Waals surface area contributed by atoms with Crippen LogP contribution in [0.25, 0.3) is 0 Å². The van der Waals surface area contributed by atoms with E-state index in [1.165, 1.54) is 57.4 Å². The molecule has 0 aliphatic heterocycles. The summed E-state index contributed by atoms with van der Waals surface area (Å²) in [5, 5.41) is 8.95. The van der Waals surface area contributed by atoms with Gasteiger partial charge >= 0.3 is 11.9 Å². The topological polar surface area (TPSA) is 63.6 Å². The van der Waals surface area contributed by atoms with Crippen LogP contribution in [0.2, 0.25) is 0 Å². The molecule has 0 saturated carbocycles. The molecular formula is C24H42O4. The number of ether oxygens (including phenoxy) is 1. The fraction of sp³-hybridized carbons (Fsp3) is 0.750. The predicted molar refractivity (Wildman–Crippen MR) is 116 cm³/mol. The minimum absolute atomic E-state index is 0.139. The second-order valence-corrected chi connectivity index (χ2v) is 7.59. The minimum atomic E-state index is -0.952. The maximum atomic E-state index is 11.9. The third-order valence-electron chi connectivity index (χ3n) is 4.91. The van der Waals surface area contributed by atoms with E-state index < -0.39 is 17.9 Å². The highest BCUT2D eigenvalue weighted by Crippen LogP contribution is 2.17. The molecule has 0 rings (SSSR count). The summed E-state index contributed by atoms with van der Waals surface area (Å²) in [6, 6.07) is 0. The second-order valence-electron chi connectivity index (χ2n) is 7.59. The predicted octanol–water partition coefficient (Wildman–Crippen LogP) is 6.84. The largest absolute Gasteiger partial charge is 0.481 e. The Morgan fingerprint density at radius 1 is 0.893 bits per heavy atom. The van der Waals surface area contributed by atoms with Gasteiger partial charge in [-0.3, -0.25) is 9.59 Å². The Labute approximate surface area is 172 Å². The lowest BCUT2D eigenvalue weighted by molar-refractivity contribution is -0.152. The molecule has 0 saturated heterocycles. The number of hydrogen-bond donors (Lipinski definition) is 1. The standard InChI is InChI=1S/C24H42O4/c1-3-5-6-7-8-9-10-11-12-13-14-15-16-17-18-19-22(21-23(25)26)24(27)28-20-4-2/h4,12-13,22H,2-3,5-11,14-21H2,1H3,(H,25,26)/b13-12+. The van der Waals surface area contributed by atoms with Crippen molar-refractivity contribution < 1.29 is 19.4 Å². The fourth-order valence-electron chi connectivity index (χ4n) is 3.23. The lowest BCUT2D eigenvalue weighted by Gasteiger charge is -2.13. The van der Waals surface area contributed by atoms with Crippen LogP contribution in [0.5, 0.6) is 0 Å². The van der Waals surface area contributed by atoms with E-state index in [4.69, 9.17) is 9.84 Å². The quantitative estimate of drug-likeness (QED) is 0.139. The van der Waals surface area contributed by atoms with Gasteiger partial charge in [0, 0.05) is 0 Å². The van der Waals surface area contributed by atoms with Gasteiger partial charge in [-0.05, 0) is 32.1 Å². The molecule has 0 radical (unpaired) electrons. The van der Waals surface area contributed by atoms with Crippen LogP contribution in [-0.2, 0) is 14.3 Å². The summed E-state index contributed by atoms with van der Waals surface area (Å²) in [6.07, 6.45) is 22.5. The number of carbonyl (C=O) groups is 2. The molecular weight excluding hydrogens is 352 g/mol. The molecule has 0 bridgehead atoms. The Morgan fingerprint density at radius 3 is 1.96 bits per heavy atom. The van der Waals surface area contributed by atoms with Gasteiger partial charge in [0.1, 0.15) is 6.61 Å². The number of hydrogen-bond acceptors (Lipinski definition) is 3. The van der Waals surface area contributed by atoms with E-state index in [-0.39, 0.29) is 13.0 Å². The summed E-state index contributed by atoms with van der Waals surface area (Å²) < 4.78 is 5.00. The number of unbranched alkanes of at least 4 members (excludes halogenated alkanes) is 11. The Bertz CT molecular complexity index is 428. The summed E-state index contributed by atoms with van der Waals surface area (Å²) in [5.41, 5.74) is 0. The summed E-state index contributed by atoms with van der Waals surface area (Å²) in [4.78, 5) is 22.8. The van der Waals surface area contributed by atoms with Crippen LogP contribution < -0.4 is 0 Å². The lowest BCUT2D eigenvalue weighted by atomic mass is 9.97. The molecule has 28 heavy (non-hydrogen) atoms. The van der Waals surface area contributed by atoms with Gasteiger partial charge in [0.2, 0.25) is 0 Å². The van der Waals surface area contributed by atoms with E-state index in [0.29, 0.717) is 6.42 Å². The van der Waals surface area contributed by atoms with Crippen LogP contribution in [0.1, 0.15) is 103 Å². The number of carbonyl (C=O) groups excluding carboxylic acids is 1. The molecule has 0 fully saturated rings.